The van der Waals surface area contributed by atoms with Crippen LogP contribution in [0, 0.1) is 5.92 Å². The van der Waals surface area contributed by atoms with Gasteiger partial charge in [0.1, 0.15) is 6.29 Å². The summed E-state index contributed by atoms with van der Waals surface area (Å²) in [5.41, 5.74) is -0.149. The van der Waals surface area contributed by atoms with Crippen molar-refractivity contribution in [2.24, 2.45) is 5.92 Å². The van der Waals surface area contributed by atoms with Gasteiger partial charge in [-0.3, -0.25) is 0 Å². The third-order valence-electron chi connectivity index (χ3n) is 4.55. The first-order valence-corrected chi connectivity index (χ1v) is 9.66. The van der Waals surface area contributed by atoms with Crippen molar-refractivity contribution in [3.8, 4) is 0 Å². The van der Waals surface area contributed by atoms with Gasteiger partial charge in [0, 0.05) is 6.42 Å². The summed E-state index contributed by atoms with van der Waals surface area (Å²) in [6, 6.07) is 0. The van der Waals surface area contributed by atoms with Gasteiger partial charge in [0.15, 0.2) is 8.32 Å². The zero-order valence-electron chi connectivity index (χ0n) is 12.3. The molecule has 0 aromatic rings. The number of aldehydes is 1. The van der Waals surface area contributed by atoms with E-state index in [0.717, 1.165) is 19.1 Å². The average Bonchev–Trinajstić information content (AvgIpc) is 2.45. The molecule has 0 amide bonds. The summed E-state index contributed by atoms with van der Waals surface area (Å²) in [5, 5.41) is 0.217. The van der Waals surface area contributed by atoms with Crippen molar-refractivity contribution in [1.29, 1.82) is 0 Å². The van der Waals surface area contributed by atoms with E-state index >= 15 is 0 Å². The monoisotopic (exact) mass is 256 g/mol. The Labute approximate surface area is 107 Å². The molecule has 1 aliphatic rings. The number of hydrogen-bond donors (Lipinski definition) is 0. The molecule has 3 heteroatoms. The third-order valence-corrected chi connectivity index (χ3v) is 9.10. The molecule has 0 aliphatic heterocycles. The minimum Gasteiger partial charge on any atom is -0.411 e. The standard InChI is InChI=1S/C14H28O2Si/c1-12-7-8-14(11-12,9-10-15)16-17(5,6)13(2,3)4/h10,12H,7-9,11H2,1-6H3/t12-,14-/m1/s1. The van der Waals surface area contributed by atoms with Crippen molar-refractivity contribution in [3.63, 3.8) is 0 Å². The van der Waals surface area contributed by atoms with Gasteiger partial charge in [-0.15, -0.1) is 0 Å². The second-order valence-electron chi connectivity index (χ2n) is 7.26. The molecule has 2 nitrogen and oxygen atoms in total. The molecule has 1 aliphatic carbocycles. The van der Waals surface area contributed by atoms with E-state index < -0.39 is 8.32 Å². The number of carbonyl (C=O) groups excluding carboxylic acids is 1. The van der Waals surface area contributed by atoms with Crippen LogP contribution < -0.4 is 0 Å². The van der Waals surface area contributed by atoms with Crippen molar-refractivity contribution in [2.45, 2.75) is 77.1 Å². The molecule has 1 saturated carbocycles. The molecule has 17 heavy (non-hydrogen) atoms. The van der Waals surface area contributed by atoms with Crippen LogP contribution in [0.15, 0.2) is 0 Å². The normalized spacial score (nSPS) is 30.6. The highest BCUT2D eigenvalue weighted by atomic mass is 28.4. The Bertz CT molecular complexity index is 280. The number of carbonyl (C=O) groups is 1. The first kappa shape index (κ1) is 14.9. The molecule has 0 saturated heterocycles. The molecule has 0 unspecified atom stereocenters. The maximum Gasteiger partial charge on any atom is 0.192 e. The topological polar surface area (TPSA) is 26.3 Å². The summed E-state index contributed by atoms with van der Waals surface area (Å²) < 4.78 is 6.57. The Hall–Kier alpha value is -0.153. The number of rotatable bonds is 4. The Balaban J connectivity index is 2.84. The van der Waals surface area contributed by atoms with Gasteiger partial charge in [-0.1, -0.05) is 27.7 Å². The fourth-order valence-electron chi connectivity index (χ4n) is 2.51. The second-order valence-corrected chi connectivity index (χ2v) is 12.0. The number of hydrogen-bond acceptors (Lipinski definition) is 2. The van der Waals surface area contributed by atoms with Crippen LogP contribution in [-0.2, 0) is 9.22 Å². The van der Waals surface area contributed by atoms with Gasteiger partial charge in [-0.05, 0) is 43.3 Å². The molecule has 0 aromatic heterocycles. The average molecular weight is 256 g/mol. The van der Waals surface area contributed by atoms with E-state index in [4.69, 9.17) is 4.43 Å². The molecule has 0 spiro atoms. The highest BCUT2D eigenvalue weighted by Crippen LogP contribution is 2.46. The van der Waals surface area contributed by atoms with Gasteiger partial charge in [-0.2, -0.15) is 0 Å². The van der Waals surface area contributed by atoms with Crippen LogP contribution in [0.3, 0.4) is 0 Å². The highest BCUT2D eigenvalue weighted by Gasteiger charge is 2.47. The van der Waals surface area contributed by atoms with Crippen LogP contribution in [0.2, 0.25) is 18.1 Å². The van der Waals surface area contributed by atoms with Crippen LogP contribution >= 0.6 is 0 Å². The fourth-order valence-corrected chi connectivity index (χ4v) is 4.17. The molecule has 0 radical (unpaired) electrons. The lowest BCUT2D eigenvalue weighted by Crippen LogP contribution is -2.49. The Kier molecular flexibility index (Phi) is 4.25. The van der Waals surface area contributed by atoms with Gasteiger partial charge < -0.3 is 9.22 Å². The summed E-state index contributed by atoms with van der Waals surface area (Å²) in [5.74, 6) is 0.694. The van der Waals surface area contributed by atoms with Crippen LogP contribution in [-0.4, -0.2) is 20.2 Å². The summed E-state index contributed by atoms with van der Waals surface area (Å²) in [6.45, 7) is 13.6. The molecule has 0 N–H and O–H groups in total. The molecular weight excluding hydrogens is 228 g/mol. The van der Waals surface area contributed by atoms with Gasteiger partial charge in [0.25, 0.3) is 0 Å². The van der Waals surface area contributed by atoms with E-state index in [1.54, 1.807) is 0 Å². The summed E-state index contributed by atoms with van der Waals surface area (Å²) in [4.78, 5) is 10.9. The van der Waals surface area contributed by atoms with Gasteiger partial charge in [0.2, 0.25) is 0 Å². The second kappa shape index (κ2) is 4.85. The van der Waals surface area contributed by atoms with Crippen LogP contribution in [0.4, 0.5) is 0 Å². The van der Waals surface area contributed by atoms with Crippen LogP contribution in [0.5, 0.6) is 0 Å². The highest BCUT2D eigenvalue weighted by molar-refractivity contribution is 6.74. The maximum absolute atomic E-state index is 10.9. The lowest BCUT2D eigenvalue weighted by molar-refractivity contribution is -0.111. The molecule has 0 heterocycles. The van der Waals surface area contributed by atoms with Crippen molar-refractivity contribution in [3.05, 3.63) is 0 Å². The first-order chi connectivity index (χ1) is 7.62. The molecule has 1 fully saturated rings. The molecule has 0 bridgehead atoms. The molecule has 0 aromatic carbocycles. The minimum atomic E-state index is -1.77. The largest absolute Gasteiger partial charge is 0.411 e. The molecule has 2 atom stereocenters. The molecule has 1 rings (SSSR count). The fraction of sp³-hybridized carbons (Fsp3) is 0.929. The smallest absolute Gasteiger partial charge is 0.192 e. The lowest BCUT2D eigenvalue weighted by Gasteiger charge is -2.44. The van der Waals surface area contributed by atoms with Crippen LogP contribution in [0.1, 0.15) is 53.4 Å². The Morgan fingerprint density at radius 3 is 2.35 bits per heavy atom. The van der Waals surface area contributed by atoms with E-state index in [2.05, 4.69) is 40.8 Å². The maximum atomic E-state index is 10.9. The van der Waals surface area contributed by atoms with Crippen molar-refractivity contribution >= 4 is 14.6 Å². The third kappa shape index (κ3) is 3.41. The predicted molar refractivity (Wildman–Crippen MR) is 74.7 cm³/mol. The molecule has 100 valence electrons. The Morgan fingerprint density at radius 2 is 2.00 bits per heavy atom. The van der Waals surface area contributed by atoms with E-state index in [1.807, 2.05) is 0 Å². The van der Waals surface area contributed by atoms with Gasteiger partial charge >= 0.3 is 0 Å². The molecular formula is C14H28O2Si. The van der Waals surface area contributed by atoms with E-state index in [9.17, 15) is 4.79 Å². The first-order valence-electron chi connectivity index (χ1n) is 6.76. The van der Waals surface area contributed by atoms with Crippen molar-refractivity contribution in [1.82, 2.24) is 0 Å². The quantitative estimate of drug-likeness (QED) is 0.558. The van der Waals surface area contributed by atoms with E-state index in [-0.39, 0.29) is 10.6 Å². The van der Waals surface area contributed by atoms with Crippen LogP contribution in [0.25, 0.3) is 0 Å². The van der Waals surface area contributed by atoms with Gasteiger partial charge in [0.05, 0.1) is 5.60 Å². The zero-order valence-corrected chi connectivity index (χ0v) is 13.3. The van der Waals surface area contributed by atoms with E-state index in [1.165, 1.54) is 6.42 Å². The zero-order chi connectivity index (χ0) is 13.3. The van der Waals surface area contributed by atoms with Crippen molar-refractivity contribution < 1.29 is 9.22 Å². The lowest BCUT2D eigenvalue weighted by atomic mass is 9.98. The Morgan fingerprint density at radius 1 is 1.41 bits per heavy atom. The summed E-state index contributed by atoms with van der Waals surface area (Å²) in [7, 11) is -1.77. The SMILES string of the molecule is C[C@@H]1CC[C@](CC=O)(O[Si](C)(C)C(C)(C)C)C1. The van der Waals surface area contributed by atoms with Crippen molar-refractivity contribution in [2.75, 3.05) is 0 Å². The predicted octanol–water partition coefficient (Wildman–Crippen LogP) is 4.16. The summed E-state index contributed by atoms with van der Waals surface area (Å²) >= 11 is 0. The summed E-state index contributed by atoms with van der Waals surface area (Å²) in [6.07, 6.45) is 4.93. The van der Waals surface area contributed by atoms with E-state index in [0.29, 0.717) is 12.3 Å². The van der Waals surface area contributed by atoms with Gasteiger partial charge in [-0.25, -0.2) is 0 Å². The minimum absolute atomic E-state index is 0.149.